The van der Waals surface area contributed by atoms with Gasteiger partial charge in [0.2, 0.25) is 0 Å². The Morgan fingerprint density at radius 1 is 0.909 bits per heavy atom. The van der Waals surface area contributed by atoms with Gasteiger partial charge in [-0.2, -0.15) is 8.42 Å². The first-order valence-electron chi connectivity index (χ1n) is 10.7. The van der Waals surface area contributed by atoms with Crippen molar-refractivity contribution >= 4 is 10.1 Å². The van der Waals surface area contributed by atoms with Crippen molar-refractivity contribution in [3.8, 4) is 5.75 Å². The summed E-state index contributed by atoms with van der Waals surface area (Å²) in [6.07, 6.45) is 0.305. The van der Waals surface area contributed by atoms with Crippen LogP contribution < -0.4 is 4.74 Å². The lowest BCUT2D eigenvalue weighted by atomic mass is 10.0. The molecule has 0 aliphatic rings. The number of aryl methyl sites for hydroxylation is 1. The maximum atomic E-state index is 11.2. The van der Waals surface area contributed by atoms with Gasteiger partial charge in [0.1, 0.15) is 11.9 Å². The zero-order valence-electron chi connectivity index (χ0n) is 19.6. The number of rotatable bonds is 9. The molecule has 1 N–H and O–H groups in total. The Hall–Kier alpha value is -2.71. The quantitative estimate of drug-likeness (QED) is 0.368. The predicted octanol–water partition coefficient (Wildman–Crippen LogP) is 4.43. The van der Waals surface area contributed by atoms with E-state index >= 15 is 0 Å². The first-order valence-corrected chi connectivity index (χ1v) is 12.1. The van der Waals surface area contributed by atoms with Crippen molar-refractivity contribution in [3.63, 3.8) is 0 Å². The van der Waals surface area contributed by atoms with Gasteiger partial charge in [0.05, 0.1) is 18.6 Å². The summed E-state index contributed by atoms with van der Waals surface area (Å²) in [5.41, 5.74) is 2.38. The molecule has 0 heterocycles. The van der Waals surface area contributed by atoms with Crippen LogP contribution in [-0.2, 0) is 14.3 Å². The Kier molecular flexibility index (Phi) is 10.5. The third-order valence-electron chi connectivity index (χ3n) is 4.92. The van der Waals surface area contributed by atoms with E-state index in [4.69, 9.17) is 4.74 Å². The molecule has 0 amide bonds. The molecule has 178 valence electrons. The van der Waals surface area contributed by atoms with Crippen molar-refractivity contribution in [3.05, 3.63) is 95.6 Å². The average Bonchev–Trinajstić information content (AvgIpc) is 2.82. The van der Waals surface area contributed by atoms with Crippen LogP contribution in [0.5, 0.6) is 5.75 Å². The number of aliphatic hydroxyl groups is 1. The van der Waals surface area contributed by atoms with Crippen molar-refractivity contribution in [1.29, 1.82) is 0 Å². The van der Waals surface area contributed by atoms with Crippen LogP contribution in [0.4, 0.5) is 0 Å². The zero-order chi connectivity index (χ0) is 24.3. The molecule has 0 aliphatic carbocycles. The lowest BCUT2D eigenvalue weighted by Gasteiger charge is -2.17. The smallest absolute Gasteiger partial charge is 0.296 e. The van der Waals surface area contributed by atoms with Crippen LogP contribution >= 0.6 is 0 Å². The highest BCUT2D eigenvalue weighted by Crippen LogP contribution is 2.29. The van der Waals surface area contributed by atoms with Crippen molar-refractivity contribution in [1.82, 2.24) is 4.90 Å². The monoisotopic (exact) mass is 471 g/mol. The molecule has 0 bridgehead atoms. The highest BCUT2D eigenvalue weighted by Gasteiger charge is 2.15. The average molecular weight is 472 g/mol. The molecule has 3 rings (SSSR count). The van der Waals surface area contributed by atoms with Crippen molar-refractivity contribution in [2.75, 3.05) is 34.4 Å². The maximum absolute atomic E-state index is 11.2. The van der Waals surface area contributed by atoms with E-state index in [2.05, 4.69) is 9.08 Å². The van der Waals surface area contributed by atoms with E-state index in [1.165, 1.54) is 6.07 Å². The van der Waals surface area contributed by atoms with Crippen LogP contribution in [-0.4, -0.2) is 52.8 Å². The Labute approximate surface area is 197 Å². The van der Waals surface area contributed by atoms with Gasteiger partial charge in [0.25, 0.3) is 10.1 Å². The van der Waals surface area contributed by atoms with E-state index in [9.17, 15) is 13.5 Å². The number of ether oxygens (including phenoxy) is 1. The van der Waals surface area contributed by atoms with Crippen LogP contribution in [0, 0.1) is 6.92 Å². The topological polar surface area (TPSA) is 76.1 Å². The van der Waals surface area contributed by atoms with Gasteiger partial charge < -0.3 is 14.7 Å². The highest BCUT2D eigenvalue weighted by atomic mass is 32.2. The highest BCUT2D eigenvalue weighted by molar-refractivity contribution is 7.86. The van der Waals surface area contributed by atoms with E-state index in [0.29, 0.717) is 12.2 Å². The molecule has 6 nitrogen and oxygen atoms in total. The number of hydrogen-bond donors (Lipinski definition) is 1. The largest absolute Gasteiger partial charge is 0.493 e. The lowest BCUT2D eigenvalue weighted by molar-refractivity contribution is 0.208. The minimum atomic E-state index is -3.53. The molecule has 0 aliphatic heterocycles. The molecule has 1 atom stereocenters. The molecule has 33 heavy (non-hydrogen) atoms. The van der Waals surface area contributed by atoms with Gasteiger partial charge in [0.15, 0.2) is 0 Å². The van der Waals surface area contributed by atoms with Gasteiger partial charge in [-0.05, 0) is 50.7 Å². The summed E-state index contributed by atoms with van der Waals surface area (Å²) in [4.78, 5) is 2.36. The third kappa shape index (κ3) is 8.29. The third-order valence-corrected chi connectivity index (χ3v) is 6.35. The van der Waals surface area contributed by atoms with E-state index in [0.717, 1.165) is 37.0 Å². The second kappa shape index (κ2) is 13.1. The molecule has 0 saturated heterocycles. The van der Waals surface area contributed by atoms with E-state index < -0.39 is 16.2 Å². The standard InChI is InChI=1S/C18H23NO2.C8H10O3S/c1-19(2)13-8-14-21-17-12-7-6-11-16(17)18(20)15-9-4-3-5-10-15;1-7-5-3-4-6-8(7)12(9,10)11-2/h3-7,9-12,18,20H,8,13-14H2,1-2H3;3-6H,1-2H3. The summed E-state index contributed by atoms with van der Waals surface area (Å²) >= 11 is 0. The first-order chi connectivity index (χ1) is 15.8. The number of aliphatic hydroxyl groups excluding tert-OH is 1. The van der Waals surface area contributed by atoms with Crippen molar-refractivity contribution in [2.24, 2.45) is 0 Å². The number of nitrogens with zero attached hydrogens (tertiary/aromatic N) is 1. The number of benzene rings is 3. The van der Waals surface area contributed by atoms with Crippen LogP contribution in [0.2, 0.25) is 0 Å². The fraction of sp³-hybridized carbons (Fsp3) is 0.308. The summed E-state index contributed by atoms with van der Waals surface area (Å²) in [6, 6.07) is 24.0. The summed E-state index contributed by atoms with van der Waals surface area (Å²) in [5, 5.41) is 10.5. The molecule has 0 radical (unpaired) electrons. The first kappa shape index (κ1) is 26.5. The van der Waals surface area contributed by atoms with E-state index in [1.54, 1.807) is 25.1 Å². The normalized spacial score (nSPS) is 12.1. The van der Waals surface area contributed by atoms with Crippen LogP contribution in [0.15, 0.2) is 83.8 Å². The molecule has 0 spiro atoms. The van der Waals surface area contributed by atoms with Gasteiger partial charge in [-0.1, -0.05) is 66.7 Å². The molecule has 0 aromatic heterocycles. The van der Waals surface area contributed by atoms with Crippen LogP contribution in [0.1, 0.15) is 29.2 Å². The molecule has 0 saturated carbocycles. The second-order valence-electron chi connectivity index (χ2n) is 7.74. The second-order valence-corrected chi connectivity index (χ2v) is 9.42. The van der Waals surface area contributed by atoms with E-state index in [-0.39, 0.29) is 4.90 Å². The maximum Gasteiger partial charge on any atom is 0.296 e. The van der Waals surface area contributed by atoms with Crippen molar-refractivity contribution < 1.29 is 22.4 Å². The lowest BCUT2D eigenvalue weighted by Crippen LogP contribution is -2.16. The summed E-state index contributed by atoms with van der Waals surface area (Å²) < 4.78 is 32.6. The number of para-hydroxylation sites is 1. The van der Waals surface area contributed by atoms with Gasteiger partial charge in [-0.15, -0.1) is 0 Å². The number of hydrogen-bond acceptors (Lipinski definition) is 6. The van der Waals surface area contributed by atoms with Crippen LogP contribution in [0.3, 0.4) is 0 Å². The summed E-state index contributed by atoms with van der Waals surface area (Å²) in [6.45, 7) is 3.37. The van der Waals surface area contributed by atoms with Gasteiger partial charge in [0, 0.05) is 12.1 Å². The summed E-state index contributed by atoms with van der Waals surface area (Å²) in [5.74, 6) is 0.757. The molecule has 3 aromatic carbocycles. The fourth-order valence-corrected chi connectivity index (χ4v) is 4.03. The minimum absolute atomic E-state index is 0.229. The van der Waals surface area contributed by atoms with E-state index in [1.807, 2.05) is 68.7 Å². The van der Waals surface area contributed by atoms with Crippen molar-refractivity contribution in [2.45, 2.75) is 24.3 Å². The Bertz CT molecular complexity index is 1080. The Balaban J connectivity index is 0.000000273. The fourth-order valence-electron chi connectivity index (χ4n) is 3.14. The molecule has 3 aromatic rings. The minimum Gasteiger partial charge on any atom is -0.493 e. The molecule has 0 fully saturated rings. The van der Waals surface area contributed by atoms with Gasteiger partial charge in [-0.3, -0.25) is 4.18 Å². The molecule has 1 unspecified atom stereocenters. The predicted molar refractivity (Wildman–Crippen MR) is 131 cm³/mol. The SMILES string of the molecule is CN(C)CCCOc1ccccc1C(O)c1ccccc1.COS(=O)(=O)c1ccccc1C. The molecular formula is C26H33NO5S. The molecular weight excluding hydrogens is 438 g/mol. The Morgan fingerprint density at radius 2 is 1.52 bits per heavy atom. The summed E-state index contributed by atoms with van der Waals surface area (Å²) in [7, 11) is 1.72. The van der Waals surface area contributed by atoms with Gasteiger partial charge >= 0.3 is 0 Å². The molecule has 7 heteroatoms. The Morgan fingerprint density at radius 3 is 2.15 bits per heavy atom. The van der Waals surface area contributed by atoms with Crippen LogP contribution in [0.25, 0.3) is 0 Å². The zero-order valence-corrected chi connectivity index (χ0v) is 20.5. The van der Waals surface area contributed by atoms with Gasteiger partial charge in [-0.25, -0.2) is 0 Å².